The molecule has 0 saturated carbocycles. The Bertz CT molecular complexity index is 1490. The lowest BCUT2D eigenvalue weighted by molar-refractivity contribution is -0.192. The first-order chi connectivity index (χ1) is 40.7. The molecule has 0 aromatic rings. The smallest absolute Gasteiger partial charge is 0.475 e. The van der Waals surface area contributed by atoms with Crippen LogP contribution in [0.1, 0.15) is 207 Å². The van der Waals surface area contributed by atoms with Gasteiger partial charge in [0.05, 0.1) is 92.4 Å². The van der Waals surface area contributed by atoms with E-state index in [9.17, 15) is 32.3 Å². The molecule has 0 rings (SSSR count). The minimum absolute atomic E-state index is 0.00671. The van der Waals surface area contributed by atoms with Crippen molar-refractivity contribution >= 4 is 29.8 Å². The lowest BCUT2D eigenvalue weighted by Crippen LogP contribution is -2.31. The molecule has 0 aromatic heterocycles. The van der Waals surface area contributed by atoms with Crippen molar-refractivity contribution in [1.29, 1.82) is 0 Å². The highest BCUT2D eigenvalue weighted by Gasteiger charge is 2.38. The van der Waals surface area contributed by atoms with E-state index in [0.29, 0.717) is 124 Å². The van der Waals surface area contributed by atoms with Crippen molar-refractivity contribution in [1.82, 2.24) is 10.6 Å². The van der Waals surface area contributed by atoms with Gasteiger partial charge in [-0.2, -0.15) is 13.2 Å². The highest BCUT2D eigenvalue weighted by atomic mass is 19.4. The molecule has 0 bridgehead atoms. The second-order valence-electron chi connectivity index (χ2n) is 21.2. The molecule has 19 nitrogen and oxygen atoms in total. The number of carboxylic acid groups (broad SMARTS) is 1. The van der Waals surface area contributed by atoms with Crippen LogP contribution in [-0.2, 0) is 76.1 Å². The lowest BCUT2D eigenvalue weighted by atomic mass is 9.96. The summed E-state index contributed by atoms with van der Waals surface area (Å²) in [6, 6.07) is 0. The zero-order valence-corrected chi connectivity index (χ0v) is 52.8. The first-order valence-electron chi connectivity index (χ1n) is 32.1. The predicted octanol–water partition coefficient (Wildman–Crippen LogP) is 11.3. The van der Waals surface area contributed by atoms with E-state index in [-0.39, 0.29) is 56.9 Å². The van der Waals surface area contributed by atoms with Crippen molar-refractivity contribution in [2.24, 2.45) is 11.8 Å². The van der Waals surface area contributed by atoms with Crippen LogP contribution in [0.25, 0.3) is 0 Å². The van der Waals surface area contributed by atoms with Gasteiger partial charge in [0.2, 0.25) is 0 Å². The van der Waals surface area contributed by atoms with E-state index in [0.717, 1.165) is 89.9 Å². The summed E-state index contributed by atoms with van der Waals surface area (Å²) in [5.41, 5.74) is 0. The maximum absolute atomic E-state index is 12.5. The van der Waals surface area contributed by atoms with E-state index in [1.54, 1.807) is 7.11 Å². The molecule has 3 N–H and O–H groups in total. The molecule has 0 saturated heterocycles. The third-order valence-electron chi connectivity index (χ3n) is 13.4. The topological polar surface area (TPSA) is 231 Å². The van der Waals surface area contributed by atoms with Gasteiger partial charge in [-0.05, 0) is 63.2 Å². The largest absolute Gasteiger partial charge is 0.490 e. The molecule has 498 valence electrons. The summed E-state index contributed by atoms with van der Waals surface area (Å²) in [6.45, 7) is 16.7. The Hall–Kier alpha value is -3.22. The fraction of sp³-hybridized carbons (Fsp3) is 0.919. The SMILES string of the molecule is CCCCCCC(CCCC)COC(=O)CCCCCCCOCC(COCCOCCOCCOCCOC(=O)CNCCOC(=O)CNCCOC)OCCCCCCCC(=O)OCC(CCCC)CCCCCC.O=C(O)C(F)(F)F. The molecule has 3 unspecified atom stereocenters. The van der Waals surface area contributed by atoms with Gasteiger partial charge in [-0.1, -0.05) is 143 Å². The number of hydrogen-bond acceptors (Lipinski definition) is 18. The molecule has 0 spiro atoms. The third-order valence-corrected chi connectivity index (χ3v) is 13.4. The number of hydrogen-bond donors (Lipinski definition) is 3. The Kier molecular flexibility index (Phi) is 63.4. The monoisotopic (exact) mass is 1220 g/mol. The normalized spacial score (nSPS) is 12.5. The van der Waals surface area contributed by atoms with Crippen molar-refractivity contribution in [3.63, 3.8) is 0 Å². The molecule has 0 radical (unpaired) electrons. The first kappa shape index (κ1) is 82.8. The molecule has 3 atom stereocenters. The number of rotatable bonds is 63. The van der Waals surface area contributed by atoms with Crippen LogP contribution < -0.4 is 10.6 Å². The van der Waals surface area contributed by atoms with Gasteiger partial charge in [-0.25, -0.2) is 4.79 Å². The lowest BCUT2D eigenvalue weighted by Gasteiger charge is -2.18. The van der Waals surface area contributed by atoms with Gasteiger partial charge in [0, 0.05) is 46.3 Å². The maximum atomic E-state index is 12.5. The van der Waals surface area contributed by atoms with Crippen LogP contribution in [-0.4, -0.2) is 186 Å². The van der Waals surface area contributed by atoms with Gasteiger partial charge < -0.3 is 67.8 Å². The summed E-state index contributed by atoms with van der Waals surface area (Å²) >= 11 is 0. The molecule has 0 fully saturated rings. The second kappa shape index (κ2) is 64.3. The Balaban J connectivity index is 0. The van der Waals surface area contributed by atoms with Crippen molar-refractivity contribution in [3.8, 4) is 0 Å². The fourth-order valence-electron chi connectivity index (χ4n) is 8.39. The van der Waals surface area contributed by atoms with Gasteiger partial charge in [0.15, 0.2) is 0 Å². The van der Waals surface area contributed by atoms with E-state index in [4.69, 9.17) is 62.0 Å². The highest BCUT2D eigenvalue weighted by Crippen LogP contribution is 2.20. The molecule has 0 aromatic carbocycles. The van der Waals surface area contributed by atoms with Crippen LogP contribution in [0.3, 0.4) is 0 Å². The summed E-state index contributed by atoms with van der Waals surface area (Å²) in [4.78, 5) is 57.4. The van der Waals surface area contributed by atoms with Crippen LogP contribution in [0.5, 0.6) is 0 Å². The van der Waals surface area contributed by atoms with Crippen molar-refractivity contribution in [2.75, 3.05) is 139 Å². The summed E-state index contributed by atoms with van der Waals surface area (Å²) in [7, 11) is 1.59. The summed E-state index contributed by atoms with van der Waals surface area (Å²) < 4.78 is 93.3. The van der Waals surface area contributed by atoms with Gasteiger partial charge in [-0.15, -0.1) is 0 Å². The van der Waals surface area contributed by atoms with Crippen LogP contribution in [0, 0.1) is 11.8 Å². The highest BCUT2D eigenvalue weighted by molar-refractivity contribution is 5.73. The van der Waals surface area contributed by atoms with E-state index >= 15 is 0 Å². The number of aliphatic carboxylic acids is 1. The van der Waals surface area contributed by atoms with Crippen molar-refractivity contribution in [3.05, 3.63) is 0 Å². The van der Waals surface area contributed by atoms with Gasteiger partial charge in [-0.3, -0.25) is 19.2 Å². The Morgan fingerprint density at radius 2 is 0.762 bits per heavy atom. The van der Waals surface area contributed by atoms with Crippen LogP contribution in [0.2, 0.25) is 0 Å². The van der Waals surface area contributed by atoms with Crippen molar-refractivity contribution in [2.45, 2.75) is 220 Å². The average Bonchev–Trinajstić information content (AvgIpc) is 3.48. The molecule has 0 amide bonds. The number of unbranched alkanes of at least 4 members (excludes halogenated alkanes) is 16. The number of halogens is 3. The molecule has 84 heavy (non-hydrogen) atoms. The summed E-state index contributed by atoms with van der Waals surface area (Å²) in [6.07, 6.45) is 24.9. The van der Waals surface area contributed by atoms with E-state index in [1.807, 2.05) is 0 Å². The first-order valence-corrected chi connectivity index (χ1v) is 32.1. The molecular formula is C62H117F3N2O17. The van der Waals surface area contributed by atoms with E-state index in [2.05, 4.69) is 38.3 Å². The predicted molar refractivity (Wildman–Crippen MR) is 318 cm³/mol. The number of alkyl halides is 3. The Morgan fingerprint density at radius 1 is 0.393 bits per heavy atom. The summed E-state index contributed by atoms with van der Waals surface area (Å²) in [5, 5.41) is 12.9. The second-order valence-corrected chi connectivity index (χ2v) is 21.2. The number of carbonyl (C=O) groups excluding carboxylic acids is 4. The van der Waals surface area contributed by atoms with Crippen molar-refractivity contribution < 1.29 is 94.4 Å². The number of methoxy groups -OCH3 is 1. The van der Waals surface area contributed by atoms with Gasteiger partial charge >= 0.3 is 36.0 Å². The Labute approximate surface area is 503 Å². The van der Waals surface area contributed by atoms with Crippen LogP contribution in [0.4, 0.5) is 13.2 Å². The molecule has 0 heterocycles. The fourth-order valence-corrected chi connectivity index (χ4v) is 8.39. The number of ether oxygens (including phenoxy) is 11. The Morgan fingerprint density at radius 3 is 1.21 bits per heavy atom. The van der Waals surface area contributed by atoms with Gasteiger partial charge in [0.1, 0.15) is 19.3 Å². The number of carboxylic acids is 1. The number of carbonyl (C=O) groups is 5. The van der Waals surface area contributed by atoms with E-state index in [1.165, 1.54) is 77.0 Å². The minimum Gasteiger partial charge on any atom is -0.475 e. The number of esters is 4. The molecule has 0 aliphatic heterocycles. The van der Waals surface area contributed by atoms with E-state index < -0.39 is 18.1 Å². The molecule has 0 aliphatic carbocycles. The zero-order valence-electron chi connectivity index (χ0n) is 52.8. The quantitative estimate of drug-likeness (QED) is 0.0292. The third kappa shape index (κ3) is 63.3. The maximum Gasteiger partial charge on any atom is 0.490 e. The molecular weight excluding hydrogens is 1100 g/mol. The average molecular weight is 1220 g/mol. The minimum atomic E-state index is -5.08. The molecule has 22 heteroatoms. The van der Waals surface area contributed by atoms with Gasteiger partial charge in [0.25, 0.3) is 0 Å². The number of nitrogens with one attached hydrogen (secondary N) is 2. The van der Waals surface area contributed by atoms with Crippen LogP contribution in [0.15, 0.2) is 0 Å². The molecule has 0 aliphatic rings. The standard InChI is InChI=1S/C60H116N2O15.C2HF3O2/c1-6-10-14-22-30-54(28-12-8-3)50-76-57(63)32-24-18-16-20-26-36-71-52-56(73-37-27-21-17-19-25-33-58(64)77-51-55(29-13-9-4)31-23-15-11-7-2)53-72-45-44-69-41-40-68-42-43-70-46-47-75-60(66)49-62-35-39-74-59(65)48-61-34-38-67-5;3-2(4,5)1(6)7/h54-56,61-62H,6-53H2,1-5H3;(H,6,7). The van der Waals surface area contributed by atoms with Crippen LogP contribution >= 0.6 is 0 Å². The summed E-state index contributed by atoms with van der Waals surface area (Å²) in [5.74, 6) is -2.67. The zero-order chi connectivity index (χ0) is 62.3.